The average molecular weight is 340 g/mol. The first-order chi connectivity index (χ1) is 11.7. The van der Waals surface area contributed by atoms with Gasteiger partial charge in [0.15, 0.2) is 0 Å². The maximum Gasteiger partial charge on any atom is 0.246 e. The van der Waals surface area contributed by atoms with Crippen molar-refractivity contribution in [3.05, 3.63) is 60.7 Å². The lowest BCUT2D eigenvalue weighted by molar-refractivity contribution is -0.127. The zero-order valence-corrected chi connectivity index (χ0v) is 13.9. The first-order valence-electron chi connectivity index (χ1n) is 7.37. The van der Waals surface area contributed by atoms with E-state index in [4.69, 9.17) is 4.52 Å². The molecule has 0 saturated heterocycles. The van der Waals surface area contributed by atoms with E-state index in [1.165, 1.54) is 11.8 Å². The molecule has 7 heteroatoms. The van der Waals surface area contributed by atoms with Crippen LogP contribution < -0.4 is 0 Å². The Morgan fingerprint density at radius 1 is 1.21 bits per heavy atom. The quantitative estimate of drug-likeness (QED) is 0.643. The summed E-state index contributed by atoms with van der Waals surface area (Å²) in [5.41, 5.74) is 0.779. The second-order valence-electron chi connectivity index (χ2n) is 5.10. The van der Waals surface area contributed by atoms with E-state index in [2.05, 4.69) is 15.1 Å². The van der Waals surface area contributed by atoms with Crippen LogP contribution in [-0.2, 0) is 11.3 Å². The molecular weight excluding hydrogens is 324 g/mol. The van der Waals surface area contributed by atoms with Crippen molar-refractivity contribution in [3.8, 4) is 11.4 Å². The topological polar surface area (TPSA) is 72.1 Å². The van der Waals surface area contributed by atoms with Crippen molar-refractivity contribution in [1.29, 1.82) is 0 Å². The summed E-state index contributed by atoms with van der Waals surface area (Å²) in [4.78, 5) is 23.2. The molecule has 0 spiro atoms. The molecule has 0 atom stereocenters. The maximum atomic E-state index is 12.2. The van der Waals surface area contributed by atoms with Crippen LogP contribution in [0.1, 0.15) is 5.89 Å². The van der Waals surface area contributed by atoms with Gasteiger partial charge in [0.2, 0.25) is 17.6 Å². The summed E-state index contributed by atoms with van der Waals surface area (Å²) in [6, 6.07) is 13.5. The molecule has 0 unspecified atom stereocenters. The van der Waals surface area contributed by atoms with Gasteiger partial charge in [-0.2, -0.15) is 4.98 Å². The predicted octanol–water partition coefficient (Wildman–Crippen LogP) is 2.88. The number of nitrogens with zero attached hydrogens (tertiary/aromatic N) is 4. The standard InChI is InChI=1S/C17H16N4O2S/c1-21(16(22)12-24-14-7-3-2-4-8-14)11-15-19-17(20-23-15)13-6-5-9-18-10-13/h2-10H,11-12H2,1H3. The van der Waals surface area contributed by atoms with Gasteiger partial charge in [-0.1, -0.05) is 23.4 Å². The summed E-state index contributed by atoms with van der Waals surface area (Å²) in [6.07, 6.45) is 3.35. The zero-order chi connectivity index (χ0) is 16.8. The maximum absolute atomic E-state index is 12.2. The smallest absolute Gasteiger partial charge is 0.246 e. The van der Waals surface area contributed by atoms with Gasteiger partial charge < -0.3 is 9.42 Å². The van der Waals surface area contributed by atoms with Gasteiger partial charge >= 0.3 is 0 Å². The summed E-state index contributed by atoms with van der Waals surface area (Å²) in [7, 11) is 1.72. The molecule has 3 rings (SSSR count). The highest BCUT2D eigenvalue weighted by atomic mass is 32.2. The molecule has 0 radical (unpaired) electrons. The Balaban J connectivity index is 1.55. The van der Waals surface area contributed by atoms with Crippen molar-refractivity contribution in [2.24, 2.45) is 0 Å². The van der Waals surface area contributed by atoms with E-state index < -0.39 is 0 Å². The minimum absolute atomic E-state index is 0.00461. The van der Waals surface area contributed by atoms with E-state index in [-0.39, 0.29) is 12.5 Å². The van der Waals surface area contributed by atoms with Crippen molar-refractivity contribution in [1.82, 2.24) is 20.0 Å². The first kappa shape index (κ1) is 16.2. The van der Waals surface area contributed by atoms with Crippen molar-refractivity contribution >= 4 is 17.7 Å². The van der Waals surface area contributed by atoms with Gasteiger partial charge in [-0.15, -0.1) is 11.8 Å². The fraction of sp³-hybridized carbons (Fsp3) is 0.176. The fourth-order valence-electron chi connectivity index (χ4n) is 1.99. The van der Waals surface area contributed by atoms with Gasteiger partial charge in [-0.3, -0.25) is 9.78 Å². The van der Waals surface area contributed by atoms with Crippen LogP contribution >= 0.6 is 11.8 Å². The largest absolute Gasteiger partial charge is 0.337 e. The lowest BCUT2D eigenvalue weighted by Crippen LogP contribution is -2.27. The summed E-state index contributed by atoms with van der Waals surface area (Å²) >= 11 is 1.50. The molecule has 0 saturated carbocycles. The van der Waals surface area contributed by atoms with Gasteiger partial charge in [0.05, 0.1) is 12.3 Å². The van der Waals surface area contributed by atoms with E-state index in [9.17, 15) is 4.79 Å². The van der Waals surface area contributed by atoms with E-state index >= 15 is 0 Å². The predicted molar refractivity (Wildman–Crippen MR) is 91.2 cm³/mol. The molecule has 1 amide bonds. The molecule has 6 nitrogen and oxygen atoms in total. The van der Waals surface area contributed by atoms with Crippen LogP contribution in [0.2, 0.25) is 0 Å². The molecule has 0 aliphatic carbocycles. The lowest BCUT2D eigenvalue weighted by atomic mass is 10.3. The number of hydrogen-bond acceptors (Lipinski definition) is 6. The van der Waals surface area contributed by atoms with Crippen LogP contribution in [0.25, 0.3) is 11.4 Å². The molecule has 0 N–H and O–H groups in total. The zero-order valence-electron chi connectivity index (χ0n) is 13.1. The number of benzene rings is 1. The van der Waals surface area contributed by atoms with Gasteiger partial charge in [-0.05, 0) is 24.3 Å². The average Bonchev–Trinajstić information content (AvgIpc) is 3.10. The molecule has 2 aromatic heterocycles. The second-order valence-corrected chi connectivity index (χ2v) is 6.15. The number of pyridine rings is 1. The summed E-state index contributed by atoms with van der Waals surface area (Å²) in [5, 5.41) is 3.92. The number of aromatic nitrogens is 3. The van der Waals surface area contributed by atoms with Crippen molar-refractivity contribution in [3.63, 3.8) is 0 Å². The summed E-state index contributed by atoms with van der Waals surface area (Å²) in [5.74, 6) is 1.24. The SMILES string of the molecule is CN(Cc1nc(-c2cccnc2)no1)C(=O)CSc1ccccc1. The van der Waals surface area contributed by atoms with E-state index in [0.717, 1.165) is 10.5 Å². The summed E-state index contributed by atoms with van der Waals surface area (Å²) < 4.78 is 5.21. The molecule has 0 bridgehead atoms. The van der Waals surface area contributed by atoms with Gasteiger partial charge in [-0.25, -0.2) is 0 Å². The van der Waals surface area contributed by atoms with Crippen molar-refractivity contribution in [2.75, 3.05) is 12.8 Å². The molecule has 122 valence electrons. The molecule has 0 aliphatic heterocycles. The van der Waals surface area contributed by atoms with Crippen LogP contribution in [0.3, 0.4) is 0 Å². The lowest BCUT2D eigenvalue weighted by Gasteiger charge is -2.14. The van der Waals surface area contributed by atoms with Crippen LogP contribution in [-0.4, -0.2) is 38.7 Å². The normalized spacial score (nSPS) is 10.5. The number of amides is 1. The van der Waals surface area contributed by atoms with Gasteiger partial charge in [0.1, 0.15) is 0 Å². The van der Waals surface area contributed by atoms with E-state index in [1.807, 2.05) is 42.5 Å². The Hall–Kier alpha value is -2.67. The van der Waals surface area contributed by atoms with Gasteiger partial charge in [0, 0.05) is 29.9 Å². The van der Waals surface area contributed by atoms with E-state index in [0.29, 0.717) is 17.5 Å². The molecule has 2 heterocycles. The second kappa shape index (κ2) is 7.74. The molecule has 24 heavy (non-hydrogen) atoms. The molecular formula is C17H16N4O2S. The number of rotatable bonds is 6. The third-order valence-electron chi connectivity index (χ3n) is 3.29. The van der Waals surface area contributed by atoms with Crippen LogP contribution in [0.4, 0.5) is 0 Å². The minimum atomic E-state index is 0.00461. The molecule has 0 fully saturated rings. The highest BCUT2D eigenvalue weighted by molar-refractivity contribution is 8.00. The fourth-order valence-corrected chi connectivity index (χ4v) is 2.85. The Bertz CT molecular complexity index is 793. The van der Waals surface area contributed by atoms with Crippen molar-refractivity contribution < 1.29 is 9.32 Å². The Morgan fingerprint density at radius 3 is 2.79 bits per heavy atom. The Morgan fingerprint density at radius 2 is 2.04 bits per heavy atom. The van der Waals surface area contributed by atoms with Gasteiger partial charge in [0.25, 0.3) is 0 Å². The third kappa shape index (κ3) is 4.20. The highest BCUT2D eigenvalue weighted by Crippen LogP contribution is 2.18. The molecule has 0 aliphatic rings. The van der Waals surface area contributed by atoms with E-state index in [1.54, 1.807) is 24.3 Å². The van der Waals surface area contributed by atoms with Crippen LogP contribution in [0.15, 0.2) is 64.3 Å². The number of carbonyl (C=O) groups is 1. The Kier molecular flexibility index (Phi) is 5.22. The van der Waals surface area contributed by atoms with Crippen LogP contribution in [0.5, 0.6) is 0 Å². The monoisotopic (exact) mass is 340 g/mol. The highest BCUT2D eigenvalue weighted by Gasteiger charge is 2.15. The third-order valence-corrected chi connectivity index (χ3v) is 4.29. The minimum Gasteiger partial charge on any atom is -0.337 e. The number of carbonyl (C=O) groups excluding carboxylic acids is 1. The van der Waals surface area contributed by atoms with Crippen molar-refractivity contribution in [2.45, 2.75) is 11.4 Å². The van der Waals surface area contributed by atoms with Crippen LogP contribution in [0, 0.1) is 0 Å². The summed E-state index contributed by atoms with van der Waals surface area (Å²) in [6.45, 7) is 0.279. The number of hydrogen-bond donors (Lipinski definition) is 0. The molecule has 3 aromatic rings. The Labute approximate surface area is 143 Å². The molecule has 1 aromatic carbocycles. The first-order valence-corrected chi connectivity index (χ1v) is 8.36. The number of thioether (sulfide) groups is 1.